The van der Waals surface area contributed by atoms with Gasteiger partial charge in [-0.3, -0.25) is 9.48 Å². The number of aromatic nitrogens is 2. The molecule has 1 aromatic heterocycles. The zero-order chi connectivity index (χ0) is 11.7. The van der Waals surface area contributed by atoms with Crippen molar-refractivity contribution >= 4 is 5.78 Å². The molecular weight excluding hydrogens is 200 g/mol. The fourth-order valence-electron chi connectivity index (χ4n) is 1.80. The Kier molecular flexibility index (Phi) is 2.60. The highest BCUT2D eigenvalue weighted by Gasteiger charge is 2.14. The molecule has 0 amide bonds. The summed E-state index contributed by atoms with van der Waals surface area (Å²) in [6.07, 6.45) is 1.64. The smallest absolute Gasteiger partial charge is 0.211 e. The van der Waals surface area contributed by atoms with Crippen LogP contribution < -0.4 is 0 Å². The average Bonchev–Trinajstić information content (AvgIpc) is 2.63. The molecule has 0 N–H and O–H groups in total. The summed E-state index contributed by atoms with van der Waals surface area (Å²) in [6.45, 7) is 3.97. The minimum absolute atomic E-state index is 0.0255. The van der Waals surface area contributed by atoms with Gasteiger partial charge in [-0.25, -0.2) is 0 Å². The third-order valence-electron chi connectivity index (χ3n) is 2.68. The van der Waals surface area contributed by atoms with E-state index in [-0.39, 0.29) is 5.78 Å². The Balaban J connectivity index is 2.46. The fraction of sp³-hybridized carbons (Fsp3) is 0.231. The molecule has 0 radical (unpaired) electrons. The Morgan fingerprint density at radius 3 is 2.56 bits per heavy atom. The first-order valence-electron chi connectivity index (χ1n) is 5.19. The van der Waals surface area contributed by atoms with E-state index in [1.165, 1.54) is 5.56 Å². The van der Waals surface area contributed by atoms with Crippen LogP contribution in [0.25, 0.3) is 0 Å². The Labute approximate surface area is 94.7 Å². The van der Waals surface area contributed by atoms with Crippen LogP contribution in [0.5, 0.6) is 0 Å². The predicted molar refractivity (Wildman–Crippen MR) is 62.6 cm³/mol. The van der Waals surface area contributed by atoms with E-state index >= 15 is 0 Å². The average molecular weight is 214 g/mol. The minimum Gasteiger partial charge on any atom is -0.287 e. The molecular formula is C13H14N2O. The van der Waals surface area contributed by atoms with Gasteiger partial charge in [0.15, 0.2) is 0 Å². The summed E-state index contributed by atoms with van der Waals surface area (Å²) in [6, 6.07) is 7.59. The van der Waals surface area contributed by atoms with Crippen LogP contribution in [-0.4, -0.2) is 15.6 Å². The van der Waals surface area contributed by atoms with E-state index in [4.69, 9.17) is 0 Å². The van der Waals surface area contributed by atoms with Gasteiger partial charge in [0.05, 0.1) is 0 Å². The summed E-state index contributed by atoms with van der Waals surface area (Å²) < 4.78 is 1.60. The first-order chi connectivity index (χ1) is 7.59. The number of hydrogen-bond acceptors (Lipinski definition) is 2. The number of ketones is 1. The van der Waals surface area contributed by atoms with E-state index in [1.807, 2.05) is 32.0 Å². The van der Waals surface area contributed by atoms with Gasteiger partial charge in [-0.2, -0.15) is 5.10 Å². The second-order valence-electron chi connectivity index (χ2n) is 3.99. The monoisotopic (exact) mass is 214 g/mol. The zero-order valence-electron chi connectivity index (χ0n) is 9.69. The van der Waals surface area contributed by atoms with Crippen LogP contribution in [0, 0.1) is 13.8 Å². The standard InChI is InChI=1S/C13H14N2O/c1-9-4-5-11(10(2)8-9)13(16)12-6-7-14-15(12)3/h4-8H,1-3H3. The number of hydrogen-bond donors (Lipinski definition) is 0. The van der Waals surface area contributed by atoms with Gasteiger partial charge in [0, 0.05) is 18.8 Å². The quantitative estimate of drug-likeness (QED) is 0.719. The highest BCUT2D eigenvalue weighted by atomic mass is 16.1. The van der Waals surface area contributed by atoms with Crippen LogP contribution in [0.3, 0.4) is 0 Å². The Bertz CT molecular complexity index is 541. The lowest BCUT2D eigenvalue weighted by Gasteiger charge is -2.06. The van der Waals surface area contributed by atoms with E-state index in [0.717, 1.165) is 11.1 Å². The van der Waals surface area contributed by atoms with Gasteiger partial charge in [-0.05, 0) is 25.5 Å². The largest absolute Gasteiger partial charge is 0.287 e. The van der Waals surface area contributed by atoms with Crippen LogP contribution in [0.4, 0.5) is 0 Å². The molecule has 0 aliphatic heterocycles. The Hall–Kier alpha value is -1.90. The predicted octanol–water partition coefficient (Wildman–Crippen LogP) is 2.27. The zero-order valence-corrected chi connectivity index (χ0v) is 9.69. The van der Waals surface area contributed by atoms with Crippen LogP contribution >= 0.6 is 0 Å². The molecule has 0 saturated carbocycles. The van der Waals surface area contributed by atoms with Crippen molar-refractivity contribution in [3.63, 3.8) is 0 Å². The van der Waals surface area contributed by atoms with Gasteiger partial charge in [0.2, 0.25) is 5.78 Å². The number of aryl methyl sites for hydroxylation is 3. The van der Waals surface area contributed by atoms with Gasteiger partial charge in [0.1, 0.15) is 5.69 Å². The van der Waals surface area contributed by atoms with Gasteiger partial charge < -0.3 is 0 Å². The van der Waals surface area contributed by atoms with E-state index in [2.05, 4.69) is 5.10 Å². The van der Waals surface area contributed by atoms with E-state index in [9.17, 15) is 4.79 Å². The molecule has 3 nitrogen and oxygen atoms in total. The summed E-state index contributed by atoms with van der Waals surface area (Å²) in [5.41, 5.74) is 3.53. The molecule has 0 aliphatic carbocycles. The first kappa shape index (κ1) is 10.6. The molecule has 0 spiro atoms. The molecule has 0 saturated heterocycles. The van der Waals surface area contributed by atoms with E-state index in [1.54, 1.807) is 24.0 Å². The van der Waals surface area contributed by atoms with E-state index in [0.29, 0.717) is 5.69 Å². The highest BCUT2D eigenvalue weighted by molar-refractivity contribution is 6.08. The van der Waals surface area contributed by atoms with Crippen molar-refractivity contribution in [2.45, 2.75) is 13.8 Å². The Morgan fingerprint density at radius 1 is 1.25 bits per heavy atom. The molecule has 1 heterocycles. The SMILES string of the molecule is Cc1ccc(C(=O)c2ccnn2C)c(C)c1. The van der Waals surface area contributed by atoms with Crippen LogP contribution in [0.2, 0.25) is 0 Å². The van der Waals surface area contributed by atoms with Gasteiger partial charge in [-0.1, -0.05) is 23.8 Å². The second kappa shape index (κ2) is 3.93. The lowest BCUT2D eigenvalue weighted by molar-refractivity contribution is 0.102. The van der Waals surface area contributed by atoms with Crippen LogP contribution in [-0.2, 0) is 7.05 Å². The van der Waals surface area contributed by atoms with E-state index < -0.39 is 0 Å². The number of rotatable bonds is 2. The summed E-state index contributed by atoms with van der Waals surface area (Å²) in [4.78, 5) is 12.2. The molecule has 2 aromatic rings. The van der Waals surface area contributed by atoms with Gasteiger partial charge in [-0.15, -0.1) is 0 Å². The van der Waals surface area contributed by atoms with Crippen molar-refractivity contribution in [1.29, 1.82) is 0 Å². The molecule has 2 rings (SSSR count). The van der Waals surface area contributed by atoms with Crippen molar-refractivity contribution in [3.8, 4) is 0 Å². The topological polar surface area (TPSA) is 34.9 Å². The molecule has 0 fully saturated rings. The summed E-state index contributed by atoms with van der Waals surface area (Å²) in [5, 5.41) is 4.01. The fourth-order valence-corrected chi connectivity index (χ4v) is 1.80. The van der Waals surface area contributed by atoms with Crippen LogP contribution in [0.1, 0.15) is 27.2 Å². The summed E-state index contributed by atoms with van der Waals surface area (Å²) in [5.74, 6) is 0.0255. The molecule has 0 unspecified atom stereocenters. The maximum Gasteiger partial charge on any atom is 0.211 e. The molecule has 0 aliphatic rings. The van der Waals surface area contributed by atoms with Crippen molar-refractivity contribution in [3.05, 3.63) is 52.8 Å². The summed E-state index contributed by atoms with van der Waals surface area (Å²) in [7, 11) is 1.77. The van der Waals surface area contributed by atoms with Gasteiger partial charge in [0.25, 0.3) is 0 Å². The number of carbonyl (C=O) groups is 1. The normalized spacial score (nSPS) is 10.4. The van der Waals surface area contributed by atoms with Gasteiger partial charge >= 0.3 is 0 Å². The molecule has 1 aromatic carbocycles. The number of carbonyl (C=O) groups excluding carboxylic acids is 1. The molecule has 82 valence electrons. The third kappa shape index (κ3) is 1.76. The molecule has 0 atom stereocenters. The summed E-state index contributed by atoms with van der Waals surface area (Å²) >= 11 is 0. The maximum atomic E-state index is 12.2. The van der Waals surface area contributed by atoms with Crippen molar-refractivity contribution in [1.82, 2.24) is 9.78 Å². The number of nitrogens with zero attached hydrogens (tertiary/aromatic N) is 2. The minimum atomic E-state index is 0.0255. The third-order valence-corrected chi connectivity index (χ3v) is 2.68. The first-order valence-corrected chi connectivity index (χ1v) is 5.19. The molecule has 16 heavy (non-hydrogen) atoms. The molecule has 0 bridgehead atoms. The second-order valence-corrected chi connectivity index (χ2v) is 3.99. The Morgan fingerprint density at radius 2 is 2.00 bits per heavy atom. The maximum absolute atomic E-state index is 12.2. The van der Waals surface area contributed by atoms with Crippen molar-refractivity contribution in [2.24, 2.45) is 7.05 Å². The highest BCUT2D eigenvalue weighted by Crippen LogP contribution is 2.15. The molecule has 3 heteroatoms. The van der Waals surface area contributed by atoms with Crippen molar-refractivity contribution < 1.29 is 4.79 Å². The lowest BCUT2D eigenvalue weighted by Crippen LogP contribution is -2.09. The lowest BCUT2D eigenvalue weighted by atomic mass is 10.0. The van der Waals surface area contributed by atoms with Crippen molar-refractivity contribution in [2.75, 3.05) is 0 Å². The van der Waals surface area contributed by atoms with Crippen LogP contribution in [0.15, 0.2) is 30.5 Å². The number of benzene rings is 1.